The van der Waals surface area contributed by atoms with Crippen LogP contribution in [0.4, 0.5) is 0 Å². The van der Waals surface area contributed by atoms with Crippen molar-refractivity contribution in [3.05, 3.63) is 94.7 Å². The second-order valence-electron chi connectivity index (χ2n) is 9.42. The van der Waals surface area contributed by atoms with Gasteiger partial charge in [-0.1, -0.05) is 35.9 Å². The van der Waals surface area contributed by atoms with Crippen LogP contribution < -0.4 is 10.6 Å². The molecule has 12 nitrogen and oxygen atoms in total. The summed E-state index contributed by atoms with van der Waals surface area (Å²) in [4.78, 5) is 45.8. The van der Waals surface area contributed by atoms with Gasteiger partial charge < -0.3 is 20.4 Å². The largest absolute Gasteiger partial charge is 0.469 e. The maximum atomic E-state index is 13.1. The lowest BCUT2D eigenvalue weighted by molar-refractivity contribution is -0.139. The van der Waals surface area contributed by atoms with Gasteiger partial charge in [0.05, 0.1) is 37.2 Å². The Labute approximate surface area is 245 Å². The lowest BCUT2D eigenvalue weighted by Crippen LogP contribution is -2.27. The van der Waals surface area contributed by atoms with Crippen molar-refractivity contribution in [2.45, 2.75) is 25.3 Å². The van der Waals surface area contributed by atoms with Crippen molar-refractivity contribution in [3.63, 3.8) is 0 Å². The molecule has 214 valence electrons. The van der Waals surface area contributed by atoms with Crippen LogP contribution in [0, 0.1) is 0 Å². The van der Waals surface area contributed by atoms with Crippen LogP contribution in [0.1, 0.15) is 46.2 Å². The van der Waals surface area contributed by atoms with Gasteiger partial charge in [0.25, 0.3) is 5.91 Å². The Morgan fingerprint density at radius 1 is 1.19 bits per heavy atom. The molecular weight excluding hydrogens is 560 g/mol. The van der Waals surface area contributed by atoms with E-state index >= 15 is 0 Å². The number of halogens is 1. The molecule has 0 fully saturated rings. The fourth-order valence-electron chi connectivity index (χ4n) is 4.49. The number of aromatic nitrogens is 6. The van der Waals surface area contributed by atoms with Crippen LogP contribution in [-0.2, 0) is 20.7 Å². The van der Waals surface area contributed by atoms with Crippen molar-refractivity contribution in [1.29, 1.82) is 0 Å². The third-order valence-corrected chi connectivity index (χ3v) is 6.81. The van der Waals surface area contributed by atoms with E-state index in [1.807, 2.05) is 12.2 Å². The average Bonchev–Trinajstić information content (AvgIpc) is 3.70. The molecule has 1 atom stereocenters. The standard InChI is InChI=1S/C29H27ClN8O4/c1-42-27(40)14-18-6-9-21-22(13-18)29(41)31-12-4-2-3-5-23(28-32-16-24(21)35-28)34-26(39)11-7-19-15-20(30)8-10-25(19)38-17-33-36-37-38/h2-3,6-11,13,15-17,23H,4-5,12,14H2,1H3,(H,31,41)(H,32,35)(H,34,39)/b3-2-,11-7+/t23-/m0/s1. The third-order valence-electron chi connectivity index (χ3n) is 6.57. The van der Waals surface area contributed by atoms with Crippen LogP contribution in [0.3, 0.4) is 0 Å². The minimum atomic E-state index is -0.475. The van der Waals surface area contributed by atoms with E-state index in [0.29, 0.717) is 63.9 Å². The fourth-order valence-corrected chi connectivity index (χ4v) is 4.67. The molecule has 5 rings (SSSR count). The predicted molar refractivity (Wildman–Crippen MR) is 155 cm³/mol. The quantitative estimate of drug-likeness (QED) is 0.176. The van der Waals surface area contributed by atoms with E-state index in [0.717, 1.165) is 0 Å². The second-order valence-corrected chi connectivity index (χ2v) is 9.86. The molecule has 0 unspecified atom stereocenters. The lowest BCUT2D eigenvalue weighted by Gasteiger charge is -2.14. The van der Waals surface area contributed by atoms with E-state index in [4.69, 9.17) is 16.3 Å². The number of nitrogens with one attached hydrogen (secondary N) is 3. The van der Waals surface area contributed by atoms with Gasteiger partial charge in [0, 0.05) is 34.3 Å². The predicted octanol–water partition coefficient (Wildman–Crippen LogP) is 3.37. The molecule has 2 bridgehead atoms. The molecule has 0 aliphatic carbocycles. The summed E-state index contributed by atoms with van der Waals surface area (Å²) >= 11 is 6.19. The van der Waals surface area contributed by atoms with Gasteiger partial charge in [-0.2, -0.15) is 4.68 Å². The summed E-state index contributed by atoms with van der Waals surface area (Å²) in [5, 5.41) is 17.7. The minimum Gasteiger partial charge on any atom is -0.469 e. The highest BCUT2D eigenvalue weighted by Gasteiger charge is 2.20. The number of nitrogens with zero attached hydrogens (tertiary/aromatic N) is 5. The third kappa shape index (κ3) is 6.78. The number of hydrogen-bond acceptors (Lipinski definition) is 8. The Kier molecular flexibility index (Phi) is 8.83. The highest BCUT2D eigenvalue weighted by atomic mass is 35.5. The number of amides is 2. The van der Waals surface area contributed by atoms with Gasteiger partial charge in [-0.15, -0.1) is 5.10 Å². The van der Waals surface area contributed by atoms with Crippen LogP contribution >= 0.6 is 11.6 Å². The Balaban J connectivity index is 1.41. The number of carbonyl (C=O) groups excluding carboxylic acids is 3. The van der Waals surface area contributed by atoms with Gasteiger partial charge in [-0.25, -0.2) is 4.98 Å². The maximum Gasteiger partial charge on any atom is 0.309 e. The van der Waals surface area contributed by atoms with E-state index < -0.39 is 12.0 Å². The van der Waals surface area contributed by atoms with Crippen LogP contribution in [0.2, 0.25) is 5.02 Å². The number of aromatic amines is 1. The molecule has 2 amide bonds. The number of methoxy groups -OCH3 is 1. The number of ether oxygens (including phenoxy) is 1. The van der Waals surface area contributed by atoms with Crippen molar-refractivity contribution in [2.75, 3.05) is 13.7 Å². The molecule has 0 saturated heterocycles. The van der Waals surface area contributed by atoms with Crippen LogP contribution in [0.5, 0.6) is 0 Å². The molecule has 3 N–H and O–H groups in total. The Bertz CT molecular complexity index is 1660. The topological polar surface area (TPSA) is 157 Å². The number of benzene rings is 2. The number of imidazole rings is 1. The lowest BCUT2D eigenvalue weighted by atomic mass is 9.99. The average molecular weight is 587 g/mol. The summed E-state index contributed by atoms with van der Waals surface area (Å²) < 4.78 is 6.25. The van der Waals surface area contributed by atoms with Gasteiger partial charge in [0.1, 0.15) is 12.2 Å². The SMILES string of the molecule is COC(=O)Cc1ccc2c(c1)C(=O)NCC/C=C\C[C@H](NC(=O)/C=C/c1cc(Cl)ccc1-n1cnnn1)c1ncc-2[nH]1. The number of carbonyl (C=O) groups is 3. The van der Waals surface area contributed by atoms with Crippen molar-refractivity contribution < 1.29 is 19.1 Å². The Hall–Kier alpha value is -5.10. The smallest absolute Gasteiger partial charge is 0.309 e. The molecule has 13 heteroatoms. The molecule has 2 aromatic carbocycles. The van der Waals surface area contributed by atoms with Crippen molar-refractivity contribution in [3.8, 4) is 16.9 Å². The van der Waals surface area contributed by atoms with E-state index in [2.05, 4.69) is 36.1 Å². The summed E-state index contributed by atoms with van der Waals surface area (Å²) in [6.07, 6.45) is 11.1. The maximum absolute atomic E-state index is 13.1. The number of H-pyrrole nitrogens is 1. The molecule has 3 heterocycles. The van der Waals surface area contributed by atoms with Crippen LogP contribution in [-0.4, -0.2) is 61.6 Å². The summed E-state index contributed by atoms with van der Waals surface area (Å²) in [6, 6.07) is 9.94. The van der Waals surface area contributed by atoms with Gasteiger partial charge >= 0.3 is 5.97 Å². The Morgan fingerprint density at radius 2 is 2.07 bits per heavy atom. The number of esters is 1. The molecule has 0 spiro atoms. The number of fused-ring (bicyclic) bond motifs is 4. The fraction of sp³-hybridized carbons (Fsp3) is 0.207. The molecule has 1 aliphatic heterocycles. The number of tetrazole rings is 1. The monoisotopic (exact) mass is 586 g/mol. The molecule has 0 radical (unpaired) electrons. The number of rotatable bonds is 6. The van der Waals surface area contributed by atoms with Crippen LogP contribution in [0.25, 0.3) is 23.0 Å². The molecule has 1 aliphatic rings. The van der Waals surface area contributed by atoms with Crippen molar-refractivity contribution >= 4 is 35.5 Å². The van der Waals surface area contributed by atoms with Crippen molar-refractivity contribution in [2.24, 2.45) is 0 Å². The zero-order valence-corrected chi connectivity index (χ0v) is 23.3. The summed E-state index contributed by atoms with van der Waals surface area (Å²) in [7, 11) is 1.32. The summed E-state index contributed by atoms with van der Waals surface area (Å²) in [5.41, 5.74) is 3.58. The van der Waals surface area contributed by atoms with E-state index in [9.17, 15) is 14.4 Å². The second kappa shape index (κ2) is 13.0. The van der Waals surface area contributed by atoms with Gasteiger partial charge in [0.15, 0.2) is 0 Å². The summed E-state index contributed by atoms with van der Waals surface area (Å²) in [5.74, 6) is -0.484. The molecule has 42 heavy (non-hydrogen) atoms. The van der Waals surface area contributed by atoms with E-state index in [-0.39, 0.29) is 18.2 Å². The zero-order valence-electron chi connectivity index (χ0n) is 22.6. The summed E-state index contributed by atoms with van der Waals surface area (Å²) in [6.45, 7) is 0.423. The minimum absolute atomic E-state index is 0.0437. The van der Waals surface area contributed by atoms with E-state index in [1.165, 1.54) is 24.2 Å². The molecule has 2 aromatic heterocycles. The zero-order chi connectivity index (χ0) is 29.5. The first-order valence-electron chi connectivity index (χ1n) is 13.1. The first-order chi connectivity index (χ1) is 20.4. The first kappa shape index (κ1) is 28.4. The Morgan fingerprint density at radius 3 is 2.88 bits per heavy atom. The van der Waals surface area contributed by atoms with E-state index in [1.54, 1.807) is 48.7 Å². The first-order valence-corrected chi connectivity index (χ1v) is 13.5. The van der Waals surface area contributed by atoms with Crippen LogP contribution in [0.15, 0.2) is 67.2 Å². The van der Waals surface area contributed by atoms with Gasteiger partial charge in [0.2, 0.25) is 5.91 Å². The highest BCUT2D eigenvalue weighted by molar-refractivity contribution is 6.30. The van der Waals surface area contributed by atoms with Crippen molar-refractivity contribution in [1.82, 2.24) is 40.8 Å². The molecule has 4 aromatic rings. The molecular formula is C29H27ClN8O4. The highest BCUT2D eigenvalue weighted by Crippen LogP contribution is 2.27. The molecule has 0 saturated carbocycles. The van der Waals surface area contributed by atoms with Gasteiger partial charge in [-0.3, -0.25) is 14.4 Å². The number of hydrogen-bond donors (Lipinski definition) is 3. The van der Waals surface area contributed by atoms with Gasteiger partial charge in [-0.05, 0) is 59.2 Å². The normalized spacial score (nSPS) is 16.0.